The normalized spacial score (nSPS) is 11.1. The molecule has 3 rings (SSSR count). The minimum Gasteiger partial charge on any atom is -0.436 e. The van der Waals surface area contributed by atoms with Gasteiger partial charge in [-0.25, -0.2) is 4.98 Å². The number of halogens is 1. The van der Waals surface area contributed by atoms with E-state index in [4.69, 9.17) is 16.0 Å². The molecule has 0 bridgehead atoms. The van der Waals surface area contributed by atoms with Crippen LogP contribution in [0.25, 0.3) is 22.6 Å². The van der Waals surface area contributed by atoms with E-state index in [-0.39, 0.29) is 11.8 Å². The van der Waals surface area contributed by atoms with Gasteiger partial charge >= 0.3 is 0 Å². The molecule has 0 atom stereocenters. The number of nitrogens with zero attached hydrogens (tertiary/aromatic N) is 1. The van der Waals surface area contributed by atoms with Crippen LogP contribution in [0.4, 0.5) is 5.69 Å². The number of anilines is 1. The highest BCUT2D eigenvalue weighted by Gasteiger charge is 2.15. The standard InChI is InChI=1S/C17H15ClN2O2/c1-10(2)16(21)19-13-6-4-3-5-12(13)17-20-14-9-11(18)7-8-15(14)22-17/h3-10H,1-2H3,(H,19,21). The summed E-state index contributed by atoms with van der Waals surface area (Å²) in [5, 5.41) is 3.50. The molecular weight excluding hydrogens is 300 g/mol. The van der Waals surface area contributed by atoms with E-state index < -0.39 is 0 Å². The number of carbonyl (C=O) groups excluding carboxylic acids is 1. The Balaban J connectivity index is 2.04. The van der Waals surface area contributed by atoms with E-state index in [1.807, 2.05) is 38.1 Å². The Bertz CT molecular complexity index is 840. The average molecular weight is 315 g/mol. The number of amides is 1. The molecule has 1 N–H and O–H groups in total. The third-order valence-corrected chi connectivity index (χ3v) is 3.52. The molecule has 1 amide bonds. The van der Waals surface area contributed by atoms with Crippen molar-refractivity contribution in [3.8, 4) is 11.5 Å². The molecule has 0 aliphatic carbocycles. The fourth-order valence-electron chi connectivity index (χ4n) is 2.07. The Morgan fingerprint density at radius 2 is 2.00 bits per heavy atom. The van der Waals surface area contributed by atoms with Gasteiger partial charge in [-0.15, -0.1) is 0 Å². The van der Waals surface area contributed by atoms with E-state index in [0.717, 1.165) is 5.56 Å². The lowest BCUT2D eigenvalue weighted by Gasteiger charge is -2.10. The van der Waals surface area contributed by atoms with Gasteiger partial charge in [0.15, 0.2) is 5.58 Å². The first kappa shape index (κ1) is 14.6. The number of fused-ring (bicyclic) bond motifs is 1. The predicted molar refractivity (Wildman–Crippen MR) is 87.9 cm³/mol. The lowest BCUT2D eigenvalue weighted by Crippen LogP contribution is -2.18. The Morgan fingerprint density at radius 3 is 2.77 bits per heavy atom. The second-order valence-electron chi connectivity index (χ2n) is 5.32. The van der Waals surface area contributed by atoms with Crippen LogP contribution in [0.1, 0.15) is 13.8 Å². The van der Waals surface area contributed by atoms with Gasteiger partial charge in [0, 0.05) is 10.9 Å². The van der Waals surface area contributed by atoms with Gasteiger partial charge in [-0.05, 0) is 30.3 Å². The number of benzene rings is 2. The van der Waals surface area contributed by atoms with Crippen molar-refractivity contribution in [3.05, 3.63) is 47.5 Å². The lowest BCUT2D eigenvalue weighted by molar-refractivity contribution is -0.118. The molecule has 0 fully saturated rings. The van der Waals surface area contributed by atoms with Crippen molar-refractivity contribution >= 4 is 34.3 Å². The fourth-order valence-corrected chi connectivity index (χ4v) is 2.24. The number of oxazole rings is 1. The van der Waals surface area contributed by atoms with Crippen LogP contribution in [0.2, 0.25) is 5.02 Å². The van der Waals surface area contributed by atoms with Crippen LogP contribution in [-0.2, 0) is 4.79 Å². The molecule has 112 valence electrons. The summed E-state index contributed by atoms with van der Waals surface area (Å²) >= 11 is 5.97. The zero-order chi connectivity index (χ0) is 15.7. The first-order chi connectivity index (χ1) is 10.5. The predicted octanol–water partition coefficient (Wildman–Crippen LogP) is 4.74. The molecule has 0 aliphatic heterocycles. The monoisotopic (exact) mass is 314 g/mol. The van der Waals surface area contributed by atoms with Gasteiger partial charge in [-0.1, -0.05) is 37.6 Å². The minimum absolute atomic E-state index is 0.0494. The number of aromatic nitrogens is 1. The Kier molecular flexibility index (Phi) is 3.86. The Labute approximate surface area is 133 Å². The molecule has 22 heavy (non-hydrogen) atoms. The first-order valence-electron chi connectivity index (χ1n) is 7.01. The summed E-state index contributed by atoms with van der Waals surface area (Å²) in [4.78, 5) is 16.4. The second kappa shape index (κ2) is 5.81. The van der Waals surface area contributed by atoms with Crippen LogP contribution in [0.5, 0.6) is 0 Å². The maximum absolute atomic E-state index is 11.9. The highest BCUT2D eigenvalue weighted by atomic mass is 35.5. The van der Waals surface area contributed by atoms with E-state index in [2.05, 4.69) is 10.3 Å². The molecule has 0 saturated heterocycles. The molecule has 1 aromatic heterocycles. The molecule has 0 unspecified atom stereocenters. The highest BCUT2D eigenvalue weighted by Crippen LogP contribution is 2.31. The van der Waals surface area contributed by atoms with Crippen molar-refractivity contribution in [2.45, 2.75) is 13.8 Å². The van der Waals surface area contributed by atoms with Crippen molar-refractivity contribution in [2.24, 2.45) is 5.92 Å². The summed E-state index contributed by atoms with van der Waals surface area (Å²) in [5.41, 5.74) is 2.76. The smallest absolute Gasteiger partial charge is 0.229 e. The van der Waals surface area contributed by atoms with Gasteiger partial charge in [0.2, 0.25) is 11.8 Å². The molecule has 1 heterocycles. The van der Waals surface area contributed by atoms with Crippen molar-refractivity contribution < 1.29 is 9.21 Å². The summed E-state index contributed by atoms with van der Waals surface area (Å²) in [6, 6.07) is 12.7. The number of hydrogen-bond acceptors (Lipinski definition) is 3. The molecule has 3 aromatic rings. The number of hydrogen-bond donors (Lipinski definition) is 1. The minimum atomic E-state index is -0.101. The molecule has 5 heteroatoms. The van der Waals surface area contributed by atoms with Gasteiger partial charge in [0.1, 0.15) is 5.52 Å². The van der Waals surface area contributed by atoms with Crippen LogP contribution in [-0.4, -0.2) is 10.9 Å². The lowest BCUT2D eigenvalue weighted by atomic mass is 10.1. The van der Waals surface area contributed by atoms with Crippen molar-refractivity contribution in [1.82, 2.24) is 4.98 Å². The summed E-state index contributed by atoms with van der Waals surface area (Å²) in [6.07, 6.45) is 0. The summed E-state index contributed by atoms with van der Waals surface area (Å²) < 4.78 is 5.77. The van der Waals surface area contributed by atoms with Gasteiger partial charge in [0.05, 0.1) is 11.3 Å². The number of rotatable bonds is 3. The second-order valence-corrected chi connectivity index (χ2v) is 5.76. The Morgan fingerprint density at radius 1 is 1.23 bits per heavy atom. The van der Waals surface area contributed by atoms with E-state index in [1.165, 1.54) is 0 Å². The van der Waals surface area contributed by atoms with Crippen molar-refractivity contribution in [2.75, 3.05) is 5.32 Å². The molecule has 0 spiro atoms. The van der Waals surface area contributed by atoms with E-state index in [9.17, 15) is 4.79 Å². The largest absolute Gasteiger partial charge is 0.436 e. The van der Waals surface area contributed by atoms with Crippen molar-refractivity contribution in [1.29, 1.82) is 0 Å². The van der Waals surface area contributed by atoms with E-state index in [0.29, 0.717) is 27.7 Å². The Hall–Kier alpha value is -2.33. The number of nitrogens with one attached hydrogen (secondary N) is 1. The van der Waals surface area contributed by atoms with Gasteiger partial charge in [0.25, 0.3) is 0 Å². The van der Waals surface area contributed by atoms with E-state index >= 15 is 0 Å². The van der Waals surface area contributed by atoms with Gasteiger partial charge < -0.3 is 9.73 Å². The van der Waals surface area contributed by atoms with Crippen LogP contribution in [0.3, 0.4) is 0 Å². The van der Waals surface area contributed by atoms with Crippen LogP contribution < -0.4 is 5.32 Å². The molecule has 4 nitrogen and oxygen atoms in total. The first-order valence-corrected chi connectivity index (χ1v) is 7.39. The molecule has 0 radical (unpaired) electrons. The summed E-state index contributed by atoms with van der Waals surface area (Å²) in [7, 11) is 0. The summed E-state index contributed by atoms with van der Waals surface area (Å²) in [5.74, 6) is 0.305. The third kappa shape index (κ3) is 2.83. The zero-order valence-electron chi connectivity index (χ0n) is 12.3. The van der Waals surface area contributed by atoms with Crippen molar-refractivity contribution in [3.63, 3.8) is 0 Å². The number of para-hydroxylation sites is 1. The fraction of sp³-hybridized carbons (Fsp3) is 0.176. The molecule has 0 aliphatic rings. The molecule has 0 saturated carbocycles. The highest BCUT2D eigenvalue weighted by molar-refractivity contribution is 6.31. The SMILES string of the molecule is CC(C)C(=O)Nc1ccccc1-c1nc2cc(Cl)ccc2o1. The summed E-state index contributed by atoms with van der Waals surface area (Å²) in [6.45, 7) is 3.69. The average Bonchev–Trinajstić information content (AvgIpc) is 2.90. The van der Waals surface area contributed by atoms with Crippen LogP contribution >= 0.6 is 11.6 Å². The zero-order valence-corrected chi connectivity index (χ0v) is 13.0. The van der Waals surface area contributed by atoms with Crippen LogP contribution in [0, 0.1) is 5.92 Å². The molecule has 2 aromatic carbocycles. The topological polar surface area (TPSA) is 55.1 Å². The van der Waals surface area contributed by atoms with Gasteiger partial charge in [-0.2, -0.15) is 0 Å². The number of carbonyl (C=O) groups is 1. The molecular formula is C17H15ClN2O2. The van der Waals surface area contributed by atoms with Gasteiger partial charge in [-0.3, -0.25) is 4.79 Å². The van der Waals surface area contributed by atoms with E-state index in [1.54, 1.807) is 18.2 Å². The van der Waals surface area contributed by atoms with Crippen LogP contribution in [0.15, 0.2) is 46.9 Å². The maximum Gasteiger partial charge on any atom is 0.229 e. The quantitative estimate of drug-likeness (QED) is 0.759. The maximum atomic E-state index is 11.9. The third-order valence-electron chi connectivity index (χ3n) is 3.29.